The third-order valence-corrected chi connectivity index (χ3v) is 5.26. The topological polar surface area (TPSA) is 71.8 Å². The molecule has 1 unspecified atom stereocenters. The molecule has 2 aromatic rings. The van der Waals surface area contributed by atoms with E-state index in [1.807, 2.05) is 25.3 Å². The predicted molar refractivity (Wildman–Crippen MR) is 103 cm³/mol. The number of anilines is 1. The van der Waals surface area contributed by atoms with Crippen molar-refractivity contribution >= 4 is 23.7 Å². The minimum absolute atomic E-state index is 0.108. The summed E-state index contributed by atoms with van der Waals surface area (Å²) < 4.78 is 7.05. The van der Waals surface area contributed by atoms with Crippen molar-refractivity contribution in [2.24, 2.45) is 4.99 Å². The second-order valence-electron chi connectivity index (χ2n) is 6.25. The minimum Gasteiger partial charge on any atom is -0.378 e. The second-order valence-corrected chi connectivity index (χ2v) is 7.13. The van der Waals surface area contributed by atoms with Gasteiger partial charge < -0.3 is 9.64 Å². The first kappa shape index (κ1) is 17.1. The van der Waals surface area contributed by atoms with Crippen LogP contribution in [0.4, 0.5) is 5.95 Å². The molecule has 0 spiro atoms. The van der Waals surface area contributed by atoms with Crippen molar-refractivity contribution in [1.29, 1.82) is 0 Å². The van der Waals surface area contributed by atoms with Gasteiger partial charge in [-0.1, -0.05) is 12.1 Å². The zero-order valence-corrected chi connectivity index (χ0v) is 15.6. The molecule has 0 aliphatic carbocycles. The van der Waals surface area contributed by atoms with Crippen LogP contribution in [0.1, 0.15) is 17.4 Å². The van der Waals surface area contributed by atoms with Crippen LogP contribution >= 0.6 is 11.8 Å². The van der Waals surface area contributed by atoms with Crippen LogP contribution in [-0.4, -0.2) is 53.0 Å². The lowest BCUT2D eigenvalue weighted by Gasteiger charge is -2.34. The lowest BCUT2D eigenvalue weighted by molar-refractivity contribution is 0.0675. The number of benzene rings is 1. The maximum Gasteiger partial charge on any atom is 0.257 e. The molecule has 1 atom stereocenters. The number of thioether (sulfide) groups is 1. The number of fused-ring (bicyclic) bond motifs is 1. The molecule has 2 aliphatic heterocycles. The van der Waals surface area contributed by atoms with Crippen molar-refractivity contribution in [3.63, 3.8) is 0 Å². The standard InChI is InChI=1S/C18H21N5O2S/c1-12-11-15(24)23-16(13-3-5-14(26-2)6-4-13)20-17(21-18(23)19-12)22-7-9-25-10-8-22/h3-6,11,16H,7-10H2,1-2H3,(H,19,20,21). The first-order valence-electron chi connectivity index (χ1n) is 8.57. The molecule has 0 amide bonds. The van der Waals surface area contributed by atoms with E-state index in [0.717, 1.165) is 24.6 Å². The summed E-state index contributed by atoms with van der Waals surface area (Å²) in [5.41, 5.74) is 1.54. The average molecular weight is 371 g/mol. The molecule has 1 fully saturated rings. The lowest BCUT2D eigenvalue weighted by atomic mass is 10.1. The van der Waals surface area contributed by atoms with Crippen molar-refractivity contribution in [1.82, 2.24) is 14.5 Å². The maximum absolute atomic E-state index is 12.7. The second kappa shape index (κ2) is 7.13. The summed E-state index contributed by atoms with van der Waals surface area (Å²) in [4.78, 5) is 25.4. The van der Waals surface area contributed by atoms with Crippen molar-refractivity contribution in [2.75, 3.05) is 37.9 Å². The average Bonchev–Trinajstić information content (AvgIpc) is 2.67. The Balaban J connectivity index is 1.80. The summed E-state index contributed by atoms with van der Waals surface area (Å²) in [7, 11) is 0. The summed E-state index contributed by atoms with van der Waals surface area (Å²) in [5.74, 6) is 1.27. The van der Waals surface area contributed by atoms with Gasteiger partial charge in [0.2, 0.25) is 11.9 Å². The molecule has 1 aromatic carbocycles. The van der Waals surface area contributed by atoms with Crippen LogP contribution in [0, 0.1) is 6.92 Å². The Hall–Kier alpha value is -2.32. The van der Waals surface area contributed by atoms with Crippen LogP contribution in [0.5, 0.6) is 0 Å². The largest absolute Gasteiger partial charge is 0.378 e. The van der Waals surface area contributed by atoms with E-state index >= 15 is 0 Å². The molecule has 0 radical (unpaired) electrons. The van der Waals surface area contributed by atoms with Gasteiger partial charge in [-0.05, 0) is 30.9 Å². The number of aryl methyl sites for hydroxylation is 1. The number of morpholine rings is 1. The predicted octanol–water partition coefficient (Wildman–Crippen LogP) is 1.93. The molecule has 4 rings (SSSR count). The molecule has 136 valence electrons. The van der Waals surface area contributed by atoms with Gasteiger partial charge >= 0.3 is 0 Å². The van der Waals surface area contributed by atoms with E-state index in [2.05, 4.69) is 27.3 Å². The Kier molecular flexibility index (Phi) is 4.69. The highest BCUT2D eigenvalue weighted by Gasteiger charge is 2.28. The molecule has 1 aromatic heterocycles. The van der Waals surface area contributed by atoms with Gasteiger partial charge in [0, 0.05) is 29.7 Å². The van der Waals surface area contributed by atoms with Gasteiger partial charge in [0.05, 0.1) is 13.2 Å². The van der Waals surface area contributed by atoms with E-state index in [9.17, 15) is 4.79 Å². The highest BCUT2D eigenvalue weighted by atomic mass is 32.2. The summed E-state index contributed by atoms with van der Waals surface area (Å²) in [5, 5.41) is 3.24. The Morgan fingerprint density at radius 2 is 1.96 bits per heavy atom. The Bertz CT molecular complexity index is 887. The molecule has 2 aliphatic rings. The number of aliphatic imine (C=N–C) groups is 1. The number of hydrogen-bond acceptors (Lipinski definition) is 7. The van der Waals surface area contributed by atoms with Gasteiger partial charge in [-0.25, -0.2) is 9.98 Å². The van der Waals surface area contributed by atoms with Crippen LogP contribution in [0.2, 0.25) is 0 Å². The van der Waals surface area contributed by atoms with Gasteiger partial charge in [0.15, 0.2) is 6.17 Å². The molecular formula is C18H21N5O2S. The molecule has 3 heterocycles. The fourth-order valence-electron chi connectivity index (χ4n) is 3.17. The van der Waals surface area contributed by atoms with Crippen LogP contribution in [-0.2, 0) is 4.74 Å². The molecule has 0 bridgehead atoms. The highest BCUT2D eigenvalue weighted by molar-refractivity contribution is 7.98. The molecular weight excluding hydrogens is 350 g/mol. The van der Waals surface area contributed by atoms with E-state index in [4.69, 9.17) is 9.73 Å². The first-order chi connectivity index (χ1) is 12.7. The molecule has 8 heteroatoms. The number of ether oxygens (including phenoxy) is 1. The fraction of sp³-hybridized carbons (Fsp3) is 0.389. The van der Waals surface area contributed by atoms with Crippen molar-refractivity contribution in [3.8, 4) is 0 Å². The van der Waals surface area contributed by atoms with Gasteiger partial charge in [-0.3, -0.25) is 14.7 Å². The van der Waals surface area contributed by atoms with E-state index < -0.39 is 6.17 Å². The van der Waals surface area contributed by atoms with Crippen LogP contribution in [0.3, 0.4) is 0 Å². The molecule has 1 saturated heterocycles. The monoisotopic (exact) mass is 371 g/mol. The third-order valence-electron chi connectivity index (χ3n) is 4.52. The Labute approximate surface area is 156 Å². The third kappa shape index (κ3) is 3.22. The quantitative estimate of drug-likeness (QED) is 0.814. The van der Waals surface area contributed by atoms with Crippen molar-refractivity contribution in [3.05, 3.63) is 51.9 Å². The molecule has 26 heavy (non-hydrogen) atoms. The lowest BCUT2D eigenvalue weighted by Crippen LogP contribution is -2.47. The summed E-state index contributed by atoms with van der Waals surface area (Å²) in [6, 6.07) is 9.71. The summed E-state index contributed by atoms with van der Waals surface area (Å²) in [6.45, 7) is 4.69. The van der Waals surface area contributed by atoms with Crippen LogP contribution < -0.4 is 10.9 Å². The van der Waals surface area contributed by atoms with Crippen LogP contribution in [0.15, 0.2) is 45.0 Å². The van der Waals surface area contributed by atoms with Gasteiger partial charge in [0.1, 0.15) is 0 Å². The summed E-state index contributed by atoms with van der Waals surface area (Å²) in [6.07, 6.45) is 1.61. The van der Waals surface area contributed by atoms with Gasteiger partial charge in [-0.15, -0.1) is 11.8 Å². The maximum atomic E-state index is 12.7. The van der Waals surface area contributed by atoms with E-state index in [0.29, 0.717) is 24.9 Å². The number of aromatic nitrogens is 2. The summed E-state index contributed by atoms with van der Waals surface area (Å²) >= 11 is 1.69. The number of guanidine groups is 1. The minimum atomic E-state index is -0.430. The number of rotatable bonds is 2. The van der Waals surface area contributed by atoms with Crippen molar-refractivity contribution < 1.29 is 4.74 Å². The Morgan fingerprint density at radius 3 is 2.65 bits per heavy atom. The van der Waals surface area contributed by atoms with Crippen molar-refractivity contribution in [2.45, 2.75) is 18.0 Å². The molecule has 0 saturated carbocycles. The Morgan fingerprint density at radius 1 is 1.23 bits per heavy atom. The van der Waals surface area contributed by atoms with Gasteiger partial charge in [0.25, 0.3) is 5.56 Å². The SMILES string of the molecule is CSc1ccc(C2N=C(N3CCOCC3)Nc3nc(C)cc(=O)n32)cc1. The number of nitrogens with one attached hydrogen (secondary N) is 1. The van der Waals surface area contributed by atoms with E-state index in [-0.39, 0.29) is 5.56 Å². The van der Waals surface area contributed by atoms with E-state index in [1.54, 1.807) is 22.4 Å². The normalized spacial score (nSPS) is 19.5. The smallest absolute Gasteiger partial charge is 0.257 e. The zero-order valence-electron chi connectivity index (χ0n) is 14.8. The van der Waals surface area contributed by atoms with E-state index in [1.165, 1.54) is 4.90 Å². The first-order valence-corrected chi connectivity index (χ1v) is 9.80. The zero-order chi connectivity index (χ0) is 18.1. The number of hydrogen-bond donors (Lipinski definition) is 1. The highest BCUT2D eigenvalue weighted by Crippen LogP contribution is 2.27. The number of nitrogens with zero attached hydrogens (tertiary/aromatic N) is 4. The van der Waals surface area contributed by atoms with Gasteiger partial charge in [-0.2, -0.15) is 0 Å². The fourth-order valence-corrected chi connectivity index (χ4v) is 3.58. The molecule has 7 nitrogen and oxygen atoms in total. The van der Waals surface area contributed by atoms with Crippen LogP contribution in [0.25, 0.3) is 0 Å². The molecule has 1 N–H and O–H groups in total.